The molecule has 5 nitrogen and oxygen atoms in total. The van der Waals surface area contributed by atoms with Crippen LogP contribution in [0.4, 0.5) is 5.69 Å². The summed E-state index contributed by atoms with van der Waals surface area (Å²) in [5.41, 5.74) is 6.09. The second kappa shape index (κ2) is 5.27. The van der Waals surface area contributed by atoms with Gasteiger partial charge < -0.3 is 15.4 Å². The van der Waals surface area contributed by atoms with Gasteiger partial charge in [0.1, 0.15) is 0 Å². The Hall–Kier alpha value is -1.88. The molecule has 0 aliphatic rings. The Kier molecular flexibility index (Phi) is 4.02. The van der Waals surface area contributed by atoms with Crippen molar-refractivity contribution in [2.75, 3.05) is 25.6 Å². The zero-order chi connectivity index (χ0) is 12.1. The topological polar surface area (TPSA) is 72.6 Å². The van der Waals surface area contributed by atoms with Crippen molar-refractivity contribution in [2.24, 2.45) is 5.73 Å². The molecule has 0 spiro atoms. The minimum absolute atomic E-state index is 0.105. The van der Waals surface area contributed by atoms with Crippen LogP contribution in [0.15, 0.2) is 24.3 Å². The number of likely N-dealkylation sites (N-methyl/N-ethyl adjacent to an activating group) is 1. The van der Waals surface area contributed by atoms with Gasteiger partial charge in [0.05, 0.1) is 24.9 Å². The number of amides is 1. The molecule has 0 bridgehead atoms. The lowest BCUT2D eigenvalue weighted by molar-refractivity contribution is -0.117. The standard InChI is InChI=1S/C11H14N2O3/c1-13(10(14)7-12)9-6-4-3-5-8(9)11(15)16-2/h3-6H,7,12H2,1-2H3. The Morgan fingerprint density at radius 3 is 2.56 bits per heavy atom. The number of hydrogen-bond donors (Lipinski definition) is 1. The molecule has 0 atom stereocenters. The van der Waals surface area contributed by atoms with E-state index in [-0.39, 0.29) is 12.5 Å². The van der Waals surface area contributed by atoms with E-state index in [4.69, 9.17) is 5.73 Å². The van der Waals surface area contributed by atoms with Crippen molar-refractivity contribution in [2.45, 2.75) is 0 Å². The second-order valence-electron chi connectivity index (χ2n) is 3.17. The highest BCUT2D eigenvalue weighted by atomic mass is 16.5. The number of anilines is 1. The first-order chi connectivity index (χ1) is 7.61. The molecule has 0 saturated heterocycles. The maximum atomic E-state index is 11.5. The summed E-state index contributed by atoms with van der Waals surface area (Å²) in [5, 5.41) is 0. The number of rotatable bonds is 3. The third kappa shape index (κ3) is 2.38. The number of hydrogen-bond acceptors (Lipinski definition) is 4. The number of nitrogens with two attached hydrogens (primary N) is 1. The van der Waals surface area contributed by atoms with E-state index in [1.807, 2.05) is 0 Å². The van der Waals surface area contributed by atoms with E-state index in [1.165, 1.54) is 12.0 Å². The van der Waals surface area contributed by atoms with Crippen LogP contribution in [0.3, 0.4) is 0 Å². The molecular weight excluding hydrogens is 208 g/mol. The average Bonchev–Trinajstić information content (AvgIpc) is 2.35. The molecule has 0 unspecified atom stereocenters. The van der Waals surface area contributed by atoms with Crippen molar-refractivity contribution in [3.05, 3.63) is 29.8 Å². The van der Waals surface area contributed by atoms with Gasteiger partial charge >= 0.3 is 5.97 Å². The van der Waals surface area contributed by atoms with Crippen LogP contribution >= 0.6 is 0 Å². The molecule has 1 rings (SSSR count). The van der Waals surface area contributed by atoms with Crippen molar-refractivity contribution in [1.29, 1.82) is 0 Å². The van der Waals surface area contributed by atoms with Crippen molar-refractivity contribution in [3.63, 3.8) is 0 Å². The Labute approximate surface area is 93.8 Å². The van der Waals surface area contributed by atoms with Crippen LogP contribution in [0.1, 0.15) is 10.4 Å². The van der Waals surface area contributed by atoms with Gasteiger partial charge in [-0.25, -0.2) is 4.79 Å². The number of ether oxygens (including phenoxy) is 1. The third-order valence-corrected chi connectivity index (χ3v) is 2.22. The van der Waals surface area contributed by atoms with Gasteiger partial charge in [0, 0.05) is 7.05 Å². The highest BCUT2D eigenvalue weighted by Gasteiger charge is 2.17. The highest BCUT2D eigenvalue weighted by molar-refractivity contribution is 6.02. The summed E-state index contributed by atoms with van der Waals surface area (Å²) in [6.45, 7) is -0.105. The number of carbonyl (C=O) groups excluding carboxylic acids is 2. The molecule has 2 N–H and O–H groups in total. The minimum Gasteiger partial charge on any atom is -0.465 e. The van der Waals surface area contributed by atoms with E-state index >= 15 is 0 Å². The fraction of sp³-hybridized carbons (Fsp3) is 0.273. The number of nitrogens with zero attached hydrogens (tertiary/aromatic N) is 1. The maximum absolute atomic E-state index is 11.5. The molecule has 0 aliphatic carbocycles. The Morgan fingerprint density at radius 1 is 1.38 bits per heavy atom. The summed E-state index contributed by atoms with van der Waals surface area (Å²) < 4.78 is 4.63. The van der Waals surface area contributed by atoms with Crippen LogP contribution in [0.25, 0.3) is 0 Å². The Balaban J connectivity index is 3.13. The number of methoxy groups -OCH3 is 1. The molecule has 86 valence electrons. The normalized spacial score (nSPS) is 9.69. The second-order valence-corrected chi connectivity index (χ2v) is 3.17. The first-order valence-electron chi connectivity index (χ1n) is 4.75. The first kappa shape index (κ1) is 12.2. The van der Waals surface area contributed by atoms with Gasteiger partial charge in [-0.15, -0.1) is 0 Å². The van der Waals surface area contributed by atoms with E-state index in [0.717, 1.165) is 0 Å². The van der Waals surface area contributed by atoms with E-state index < -0.39 is 5.97 Å². The molecular formula is C11H14N2O3. The SMILES string of the molecule is COC(=O)c1ccccc1N(C)C(=O)CN. The summed E-state index contributed by atoms with van der Waals surface area (Å²) in [5.74, 6) is -0.747. The molecule has 1 amide bonds. The smallest absolute Gasteiger partial charge is 0.339 e. The number of carbonyl (C=O) groups is 2. The van der Waals surface area contributed by atoms with Crippen LogP contribution in [0, 0.1) is 0 Å². The first-order valence-corrected chi connectivity index (χ1v) is 4.75. The van der Waals surface area contributed by atoms with E-state index in [9.17, 15) is 9.59 Å². The van der Waals surface area contributed by atoms with Crippen molar-refractivity contribution in [1.82, 2.24) is 0 Å². The van der Waals surface area contributed by atoms with Crippen LogP contribution in [0.5, 0.6) is 0 Å². The molecule has 1 aromatic carbocycles. The predicted octanol–water partition coefficient (Wildman–Crippen LogP) is 0.395. The fourth-order valence-corrected chi connectivity index (χ4v) is 1.32. The van der Waals surface area contributed by atoms with Crippen LogP contribution < -0.4 is 10.6 Å². The van der Waals surface area contributed by atoms with Crippen molar-refractivity contribution in [3.8, 4) is 0 Å². The van der Waals surface area contributed by atoms with Crippen LogP contribution in [0.2, 0.25) is 0 Å². The summed E-state index contributed by atoms with van der Waals surface area (Å²) >= 11 is 0. The maximum Gasteiger partial charge on any atom is 0.339 e. The molecule has 1 aromatic rings. The molecule has 5 heteroatoms. The monoisotopic (exact) mass is 222 g/mol. The lowest BCUT2D eigenvalue weighted by atomic mass is 10.1. The van der Waals surface area contributed by atoms with Gasteiger partial charge in [-0.05, 0) is 12.1 Å². The molecule has 16 heavy (non-hydrogen) atoms. The highest BCUT2D eigenvalue weighted by Crippen LogP contribution is 2.19. The van der Waals surface area contributed by atoms with Gasteiger partial charge in [-0.1, -0.05) is 12.1 Å². The number of para-hydroxylation sites is 1. The molecule has 0 aliphatic heterocycles. The summed E-state index contributed by atoms with van der Waals surface area (Å²) in [4.78, 5) is 24.2. The quantitative estimate of drug-likeness (QED) is 0.751. The number of esters is 1. The Morgan fingerprint density at radius 2 is 2.00 bits per heavy atom. The number of benzene rings is 1. The fourth-order valence-electron chi connectivity index (χ4n) is 1.32. The van der Waals surface area contributed by atoms with Gasteiger partial charge in [0.15, 0.2) is 0 Å². The lowest BCUT2D eigenvalue weighted by Crippen LogP contribution is -2.33. The molecule has 0 aromatic heterocycles. The predicted molar refractivity (Wildman–Crippen MR) is 60.2 cm³/mol. The van der Waals surface area contributed by atoms with Crippen molar-refractivity contribution >= 4 is 17.6 Å². The summed E-state index contributed by atoms with van der Waals surface area (Å²) in [6, 6.07) is 6.71. The zero-order valence-electron chi connectivity index (χ0n) is 9.27. The van der Waals surface area contributed by atoms with E-state index in [2.05, 4.69) is 4.74 Å². The van der Waals surface area contributed by atoms with Gasteiger partial charge in [0.2, 0.25) is 5.91 Å². The molecule has 0 heterocycles. The molecule has 0 fully saturated rings. The van der Waals surface area contributed by atoms with Crippen LogP contribution in [-0.4, -0.2) is 32.6 Å². The zero-order valence-corrected chi connectivity index (χ0v) is 9.27. The van der Waals surface area contributed by atoms with Gasteiger partial charge in [-0.2, -0.15) is 0 Å². The molecule has 0 radical (unpaired) electrons. The molecule has 0 saturated carbocycles. The van der Waals surface area contributed by atoms with Gasteiger partial charge in [0.25, 0.3) is 0 Å². The summed E-state index contributed by atoms with van der Waals surface area (Å²) in [7, 11) is 2.86. The lowest BCUT2D eigenvalue weighted by Gasteiger charge is -2.18. The largest absolute Gasteiger partial charge is 0.465 e. The van der Waals surface area contributed by atoms with Gasteiger partial charge in [-0.3, -0.25) is 4.79 Å². The van der Waals surface area contributed by atoms with Crippen molar-refractivity contribution < 1.29 is 14.3 Å². The average molecular weight is 222 g/mol. The third-order valence-electron chi connectivity index (χ3n) is 2.22. The summed E-state index contributed by atoms with van der Waals surface area (Å²) in [6.07, 6.45) is 0. The van der Waals surface area contributed by atoms with E-state index in [0.29, 0.717) is 11.3 Å². The minimum atomic E-state index is -0.479. The van der Waals surface area contributed by atoms with E-state index in [1.54, 1.807) is 31.3 Å². The van der Waals surface area contributed by atoms with Crippen LogP contribution in [-0.2, 0) is 9.53 Å². The Bertz CT molecular complexity index is 404.